The summed E-state index contributed by atoms with van der Waals surface area (Å²) in [4.78, 5) is 34.3. The van der Waals surface area contributed by atoms with Crippen molar-refractivity contribution in [3.8, 4) is 0 Å². The molecule has 0 aromatic carbocycles. The molecular formula is C13H18N4O2S. The van der Waals surface area contributed by atoms with Crippen molar-refractivity contribution >= 4 is 23.6 Å². The van der Waals surface area contributed by atoms with Crippen LogP contribution in [0.15, 0.2) is 5.03 Å². The third-order valence-electron chi connectivity index (χ3n) is 3.18. The van der Waals surface area contributed by atoms with Gasteiger partial charge in [0.1, 0.15) is 10.9 Å². The van der Waals surface area contributed by atoms with Crippen LogP contribution in [0.1, 0.15) is 28.3 Å². The van der Waals surface area contributed by atoms with Crippen molar-refractivity contribution in [1.82, 2.24) is 20.2 Å². The van der Waals surface area contributed by atoms with E-state index in [0.29, 0.717) is 48.2 Å². The quantitative estimate of drug-likeness (QED) is 0.644. The zero-order valence-electron chi connectivity index (χ0n) is 11.9. The second-order valence-corrected chi connectivity index (χ2v) is 5.43. The molecule has 108 valence electrons. The number of amides is 2. The molecule has 1 aromatic rings. The number of hydrogen-bond donors (Lipinski definition) is 1. The molecule has 2 heterocycles. The highest BCUT2D eigenvalue weighted by molar-refractivity contribution is 7.98. The van der Waals surface area contributed by atoms with Crippen LogP contribution in [-0.2, 0) is 4.79 Å². The molecule has 1 fully saturated rings. The number of aryl methyl sites for hydroxylation is 2. The van der Waals surface area contributed by atoms with Gasteiger partial charge in [0.15, 0.2) is 0 Å². The number of carbonyl (C=O) groups is 2. The molecule has 1 N–H and O–H groups in total. The standard InChI is InChI=1S/C13H18N4O2S/c1-8-11(12(20-3)16-9(2)15-8)13(19)17-6-4-10(18)14-5-7-17/h4-7H2,1-3H3,(H,14,18). The molecule has 7 heteroatoms. The van der Waals surface area contributed by atoms with Crippen LogP contribution >= 0.6 is 11.8 Å². The SMILES string of the molecule is CSc1nc(C)nc(C)c1C(=O)N1CCNC(=O)CC1. The third-order valence-corrected chi connectivity index (χ3v) is 3.86. The van der Waals surface area contributed by atoms with Crippen molar-refractivity contribution in [2.24, 2.45) is 0 Å². The molecule has 0 radical (unpaired) electrons. The number of thioether (sulfide) groups is 1. The molecule has 0 atom stereocenters. The Bertz CT molecular complexity index is 547. The van der Waals surface area contributed by atoms with E-state index >= 15 is 0 Å². The van der Waals surface area contributed by atoms with Gasteiger partial charge in [-0.25, -0.2) is 9.97 Å². The van der Waals surface area contributed by atoms with Gasteiger partial charge in [-0.1, -0.05) is 0 Å². The van der Waals surface area contributed by atoms with Crippen molar-refractivity contribution < 1.29 is 9.59 Å². The van der Waals surface area contributed by atoms with E-state index in [2.05, 4.69) is 15.3 Å². The van der Waals surface area contributed by atoms with Crippen LogP contribution < -0.4 is 5.32 Å². The fraction of sp³-hybridized carbons (Fsp3) is 0.538. The lowest BCUT2D eigenvalue weighted by atomic mass is 10.2. The molecule has 1 aliphatic rings. The summed E-state index contributed by atoms with van der Waals surface area (Å²) in [7, 11) is 0. The van der Waals surface area contributed by atoms with Gasteiger partial charge in [0.05, 0.1) is 11.3 Å². The molecule has 0 bridgehead atoms. The van der Waals surface area contributed by atoms with Crippen molar-refractivity contribution in [1.29, 1.82) is 0 Å². The van der Waals surface area contributed by atoms with Crippen LogP contribution in [0.3, 0.4) is 0 Å². The molecule has 0 saturated carbocycles. The van der Waals surface area contributed by atoms with Crippen molar-refractivity contribution in [3.63, 3.8) is 0 Å². The third kappa shape index (κ3) is 3.09. The zero-order valence-corrected chi connectivity index (χ0v) is 12.7. The van der Waals surface area contributed by atoms with E-state index in [1.54, 1.807) is 4.90 Å². The van der Waals surface area contributed by atoms with Gasteiger partial charge in [0.2, 0.25) is 5.91 Å². The average molecular weight is 294 g/mol. The highest BCUT2D eigenvalue weighted by Gasteiger charge is 2.24. The highest BCUT2D eigenvalue weighted by atomic mass is 32.2. The number of carbonyl (C=O) groups excluding carboxylic acids is 2. The van der Waals surface area contributed by atoms with Crippen LogP contribution in [-0.4, -0.2) is 52.6 Å². The van der Waals surface area contributed by atoms with Gasteiger partial charge in [0.25, 0.3) is 5.91 Å². The van der Waals surface area contributed by atoms with Crippen LogP contribution in [0.4, 0.5) is 0 Å². The van der Waals surface area contributed by atoms with E-state index in [1.165, 1.54) is 11.8 Å². The van der Waals surface area contributed by atoms with Crippen molar-refractivity contribution in [3.05, 3.63) is 17.1 Å². The van der Waals surface area contributed by atoms with E-state index in [9.17, 15) is 9.59 Å². The normalized spacial score (nSPS) is 15.8. The average Bonchev–Trinajstić information content (AvgIpc) is 2.62. The van der Waals surface area contributed by atoms with E-state index < -0.39 is 0 Å². The summed E-state index contributed by atoms with van der Waals surface area (Å²) in [6.07, 6.45) is 2.23. The first kappa shape index (κ1) is 14.8. The summed E-state index contributed by atoms with van der Waals surface area (Å²) in [6, 6.07) is 0. The molecule has 0 aliphatic carbocycles. The maximum absolute atomic E-state index is 12.7. The fourth-order valence-corrected chi connectivity index (χ4v) is 2.87. The predicted molar refractivity (Wildman–Crippen MR) is 76.8 cm³/mol. The summed E-state index contributed by atoms with van der Waals surface area (Å²) < 4.78 is 0. The Labute approximate surface area is 122 Å². The molecule has 0 unspecified atom stereocenters. The minimum absolute atomic E-state index is 0.0118. The molecule has 20 heavy (non-hydrogen) atoms. The van der Waals surface area contributed by atoms with Crippen molar-refractivity contribution in [2.45, 2.75) is 25.3 Å². The van der Waals surface area contributed by atoms with Gasteiger partial charge in [-0.3, -0.25) is 9.59 Å². The number of nitrogens with zero attached hydrogens (tertiary/aromatic N) is 3. The van der Waals surface area contributed by atoms with E-state index in [1.807, 2.05) is 20.1 Å². The number of rotatable bonds is 2. The summed E-state index contributed by atoms with van der Waals surface area (Å²) in [5.74, 6) is 0.557. The van der Waals surface area contributed by atoms with Crippen molar-refractivity contribution in [2.75, 3.05) is 25.9 Å². The second-order valence-electron chi connectivity index (χ2n) is 4.63. The molecule has 0 spiro atoms. The molecule has 1 aromatic heterocycles. The maximum Gasteiger partial charge on any atom is 0.258 e. The topological polar surface area (TPSA) is 75.2 Å². The summed E-state index contributed by atoms with van der Waals surface area (Å²) in [5, 5.41) is 3.46. The molecule has 6 nitrogen and oxygen atoms in total. The summed E-state index contributed by atoms with van der Waals surface area (Å²) >= 11 is 1.44. The molecule has 2 rings (SSSR count). The summed E-state index contributed by atoms with van der Waals surface area (Å²) in [6.45, 7) is 5.08. The first-order valence-corrected chi connectivity index (χ1v) is 7.70. The lowest BCUT2D eigenvalue weighted by Gasteiger charge is -2.21. The lowest BCUT2D eigenvalue weighted by molar-refractivity contribution is -0.120. The highest BCUT2D eigenvalue weighted by Crippen LogP contribution is 2.22. The summed E-state index contributed by atoms with van der Waals surface area (Å²) in [5.41, 5.74) is 1.24. The van der Waals surface area contributed by atoms with Crippen LogP contribution in [0.5, 0.6) is 0 Å². The van der Waals surface area contributed by atoms with E-state index in [4.69, 9.17) is 0 Å². The van der Waals surface area contributed by atoms with Gasteiger partial charge >= 0.3 is 0 Å². The predicted octanol–water partition coefficient (Wildman–Crippen LogP) is 0.777. The molecule has 1 saturated heterocycles. The Morgan fingerprint density at radius 3 is 2.75 bits per heavy atom. The number of aromatic nitrogens is 2. The minimum Gasteiger partial charge on any atom is -0.354 e. The largest absolute Gasteiger partial charge is 0.354 e. The lowest BCUT2D eigenvalue weighted by Crippen LogP contribution is -2.35. The second kappa shape index (κ2) is 6.21. The smallest absolute Gasteiger partial charge is 0.258 e. The van der Waals surface area contributed by atoms with Gasteiger partial charge < -0.3 is 10.2 Å². The van der Waals surface area contributed by atoms with E-state index in [0.717, 1.165) is 0 Å². The Morgan fingerprint density at radius 1 is 1.30 bits per heavy atom. The first-order valence-electron chi connectivity index (χ1n) is 6.48. The van der Waals surface area contributed by atoms with Gasteiger partial charge in [-0.2, -0.15) is 0 Å². The van der Waals surface area contributed by atoms with E-state index in [-0.39, 0.29) is 11.8 Å². The molecular weight excluding hydrogens is 276 g/mol. The van der Waals surface area contributed by atoms with Crippen LogP contribution in [0.2, 0.25) is 0 Å². The van der Waals surface area contributed by atoms with Crippen LogP contribution in [0, 0.1) is 13.8 Å². The van der Waals surface area contributed by atoms with Gasteiger partial charge in [-0.05, 0) is 20.1 Å². The first-order chi connectivity index (χ1) is 9.52. The van der Waals surface area contributed by atoms with Gasteiger partial charge in [-0.15, -0.1) is 11.8 Å². The van der Waals surface area contributed by atoms with Gasteiger partial charge in [0, 0.05) is 26.1 Å². The Morgan fingerprint density at radius 2 is 2.05 bits per heavy atom. The zero-order chi connectivity index (χ0) is 14.7. The molecule has 2 amide bonds. The monoisotopic (exact) mass is 294 g/mol. The Kier molecular flexibility index (Phi) is 4.59. The Hall–Kier alpha value is -1.63. The Balaban J connectivity index is 2.30. The van der Waals surface area contributed by atoms with Crippen LogP contribution in [0.25, 0.3) is 0 Å². The maximum atomic E-state index is 12.7. The molecule has 1 aliphatic heterocycles. The minimum atomic E-state index is -0.0941. The number of nitrogens with one attached hydrogen (secondary N) is 1. The fourth-order valence-electron chi connectivity index (χ4n) is 2.20. The number of hydrogen-bond acceptors (Lipinski definition) is 5.